The third-order valence-electron chi connectivity index (χ3n) is 3.11. The van der Waals surface area contributed by atoms with E-state index in [1.807, 2.05) is 0 Å². The fourth-order valence-electron chi connectivity index (χ4n) is 1.39. The fraction of sp³-hybridized carbons (Fsp3) is 1.00. The number of hydrogen-bond donors (Lipinski definition) is 1. The van der Waals surface area contributed by atoms with Gasteiger partial charge in [-0.3, -0.25) is 0 Å². The zero-order chi connectivity index (χ0) is 14.3. The molecule has 17 heavy (non-hydrogen) atoms. The largest absolute Gasteiger partial charge is 0.399 e. The molecule has 0 aromatic carbocycles. The summed E-state index contributed by atoms with van der Waals surface area (Å²) in [4.78, 5) is 0. The van der Waals surface area contributed by atoms with E-state index in [2.05, 4.69) is 0 Å². The first-order chi connectivity index (χ1) is 7.13. The fourth-order valence-corrected chi connectivity index (χ4v) is 1.39. The Morgan fingerprint density at radius 2 is 1.24 bits per heavy atom. The molecule has 5 heteroatoms. The highest BCUT2D eigenvalue weighted by Crippen LogP contribution is 2.53. The van der Waals surface area contributed by atoms with Gasteiger partial charge in [-0.25, -0.2) is 0 Å². The maximum absolute atomic E-state index is 13.2. The Balaban J connectivity index is 5.38. The van der Waals surface area contributed by atoms with Gasteiger partial charge < -0.3 is 9.84 Å². The van der Waals surface area contributed by atoms with E-state index < -0.39 is 28.9 Å². The number of ether oxygens (including phenoxy) is 1. The zero-order valence-corrected chi connectivity index (χ0v) is 11.6. The lowest BCUT2D eigenvalue weighted by Gasteiger charge is -2.47. The highest BCUT2D eigenvalue weighted by Gasteiger charge is 2.63. The van der Waals surface area contributed by atoms with Crippen LogP contribution in [-0.2, 0) is 4.74 Å². The molecule has 0 aromatic rings. The van der Waals surface area contributed by atoms with Gasteiger partial charge in [-0.2, -0.15) is 13.2 Å². The molecule has 2 nitrogen and oxygen atoms in total. The van der Waals surface area contributed by atoms with E-state index in [0.717, 1.165) is 6.92 Å². The molecule has 2 atom stereocenters. The van der Waals surface area contributed by atoms with Crippen LogP contribution in [0.1, 0.15) is 48.5 Å². The summed E-state index contributed by atoms with van der Waals surface area (Å²) in [5.74, 6) is 0. The topological polar surface area (TPSA) is 29.5 Å². The molecule has 0 aliphatic heterocycles. The van der Waals surface area contributed by atoms with Gasteiger partial charge in [-0.15, -0.1) is 0 Å². The van der Waals surface area contributed by atoms with Crippen LogP contribution in [0, 0.1) is 10.8 Å². The second-order valence-corrected chi connectivity index (χ2v) is 6.53. The van der Waals surface area contributed by atoms with Gasteiger partial charge in [-0.05, 0) is 33.1 Å². The predicted octanol–water partition coefficient (Wildman–Crippen LogP) is 3.73. The van der Waals surface area contributed by atoms with Crippen LogP contribution >= 0.6 is 0 Å². The molecule has 0 aromatic heterocycles. The number of rotatable bonds is 2. The van der Waals surface area contributed by atoms with E-state index in [1.54, 1.807) is 20.8 Å². The first-order valence-corrected chi connectivity index (χ1v) is 5.55. The third kappa shape index (κ3) is 3.58. The van der Waals surface area contributed by atoms with Gasteiger partial charge in [0, 0.05) is 0 Å². The molecule has 0 saturated carbocycles. The summed E-state index contributed by atoms with van der Waals surface area (Å²) in [6.45, 7) is 10.1. The molecule has 0 aliphatic carbocycles. The Hall–Kier alpha value is -0.290. The van der Waals surface area contributed by atoms with Crippen molar-refractivity contribution in [3.05, 3.63) is 0 Å². The Morgan fingerprint density at radius 3 is 1.41 bits per heavy atom. The zero-order valence-electron chi connectivity index (χ0n) is 11.6. The molecule has 0 radical (unpaired) electrons. The lowest BCUT2D eigenvalue weighted by atomic mass is 9.66. The number of aliphatic hydroxyl groups is 1. The molecular formula is C12H23F3O2. The van der Waals surface area contributed by atoms with Crippen molar-refractivity contribution in [2.45, 2.75) is 66.5 Å². The molecular weight excluding hydrogens is 233 g/mol. The van der Waals surface area contributed by atoms with Crippen LogP contribution in [0.3, 0.4) is 0 Å². The minimum absolute atomic E-state index is 0.836. The van der Waals surface area contributed by atoms with Crippen molar-refractivity contribution in [1.29, 1.82) is 0 Å². The van der Waals surface area contributed by atoms with E-state index in [9.17, 15) is 18.3 Å². The summed E-state index contributed by atoms with van der Waals surface area (Å²) in [6.07, 6.45) is -6.45. The van der Waals surface area contributed by atoms with Crippen molar-refractivity contribution in [2.75, 3.05) is 0 Å². The van der Waals surface area contributed by atoms with Crippen molar-refractivity contribution in [3.63, 3.8) is 0 Å². The highest BCUT2D eigenvalue weighted by atomic mass is 19.4. The Bertz CT molecular complexity index is 244. The minimum atomic E-state index is -4.55. The second kappa shape index (κ2) is 4.43. The van der Waals surface area contributed by atoms with Crippen molar-refractivity contribution in [2.24, 2.45) is 10.8 Å². The molecule has 0 aliphatic rings. The van der Waals surface area contributed by atoms with Crippen LogP contribution in [0.4, 0.5) is 13.2 Å². The number of alkyl halides is 3. The first kappa shape index (κ1) is 16.7. The monoisotopic (exact) mass is 256 g/mol. The van der Waals surface area contributed by atoms with Gasteiger partial charge in [0.05, 0.1) is 5.60 Å². The van der Waals surface area contributed by atoms with Crippen LogP contribution in [-0.4, -0.2) is 23.2 Å². The molecule has 1 N–H and O–H groups in total. The molecule has 0 fully saturated rings. The lowest BCUT2D eigenvalue weighted by molar-refractivity contribution is -0.344. The maximum atomic E-state index is 13.2. The van der Waals surface area contributed by atoms with Crippen molar-refractivity contribution in [3.8, 4) is 0 Å². The second-order valence-electron chi connectivity index (χ2n) is 6.53. The van der Waals surface area contributed by atoms with E-state index >= 15 is 0 Å². The summed E-state index contributed by atoms with van der Waals surface area (Å²) in [5, 5.41) is 9.83. The Morgan fingerprint density at radius 1 is 0.882 bits per heavy atom. The van der Waals surface area contributed by atoms with E-state index in [-0.39, 0.29) is 0 Å². The van der Waals surface area contributed by atoms with Crippen LogP contribution in [0.15, 0.2) is 0 Å². The summed E-state index contributed by atoms with van der Waals surface area (Å²) >= 11 is 0. The Labute approximate surface area is 101 Å². The van der Waals surface area contributed by atoms with Gasteiger partial charge in [-0.1, -0.05) is 20.8 Å². The maximum Gasteiger partial charge on any atom is 0.399 e. The normalized spacial score (nSPS) is 19.9. The van der Waals surface area contributed by atoms with Gasteiger partial charge in [0.1, 0.15) is 5.41 Å². The standard InChI is InChI=1S/C12H23F3O2/c1-9(2,3)11(7,12(13,14)15)8(16)17-10(4,5)6/h8,16H,1-7H3. The molecule has 0 heterocycles. The van der Waals surface area contributed by atoms with Crippen molar-refractivity contribution >= 4 is 0 Å². The average molecular weight is 256 g/mol. The molecule has 0 saturated heterocycles. The molecule has 0 amide bonds. The Kier molecular flexibility index (Phi) is 4.35. The SMILES string of the molecule is CC(C)(C)OC(O)C(C)(C(C)(C)C)C(F)(F)F. The highest BCUT2D eigenvalue weighted by molar-refractivity contribution is 4.95. The average Bonchev–Trinajstić information content (AvgIpc) is 1.94. The first-order valence-electron chi connectivity index (χ1n) is 5.55. The smallest absolute Gasteiger partial charge is 0.367 e. The van der Waals surface area contributed by atoms with Gasteiger partial charge in [0.2, 0.25) is 0 Å². The quantitative estimate of drug-likeness (QED) is 0.763. The summed E-state index contributed by atoms with van der Waals surface area (Å²) < 4.78 is 44.6. The van der Waals surface area contributed by atoms with Crippen LogP contribution in [0.25, 0.3) is 0 Å². The predicted molar refractivity (Wildman–Crippen MR) is 60.5 cm³/mol. The van der Waals surface area contributed by atoms with Crippen LogP contribution in [0.5, 0.6) is 0 Å². The van der Waals surface area contributed by atoms with Crippen molar-refractivity contribution in [1.82, 2.24) is 0 Å². The summed E-state index contributed by atoms with van der Waals surface area (Å²) in [5.41, 5.74) is -4.33. The molecule has 0 bridgehead atoms. The minimum Gasteiger partial charge on any atom is -0.367 e. The van der Waals surface area contributed by atoms with Crippen LogP contribution in [0.2, 0.25) is 0 Å². The van der Waals surface area contributed by atoms with Gasteiger partial charge in [0.15, 0.2) is 6.29 Å². The van der Waals surface area contributed by atoms with E-state index in [0.29, 0.717) is 0 Å². The molecule has 0 spiro atoms. The van der Waals surface area contributed by atoms with Gasteiger partial charge >= 0.3 is 6.18 Å². The van der Waals surface area contributed by atoms with E-state index in [1.165, 1.54) is 20.8 Å². The third-order valence-corrected chi connectivity index (χ3v) is 3.11. The van der Waals surface area contributed by atoms with Crippen molar-refractivity contribution < 1.29 is 23.0 Å². The molecule has 2 unspecified atom stereocenters. The van der Waals surface area contributed by atoms with E-state index in [4.69, 9.17) is 4.74 Å². The number of halogens is 3. The van der Waals surface area contributed by atoms with Crippen LogP contribution < -0.4 is 0 Å². The number of hydrogen-bond acceptors (Lipinski definition) is 2. The number of aliphatic hydroxyl groups excluding tert-OH is 1. The molecule has 0 rings (SSSR count). The summed E-state index contributed by atoms with van der Waals surface area (Å²) in [6, 6.07) is 0. The lowest BCUT2D eigenvalue weighted by Crippen LogP contribution is -2.56. The summed E-state index contributed by atoms with van der Waals surface area (Å²) in [7, 11) is 0. The van der Waals surface area contributed by atoms with Gasteiger partial charge in [0.25, 0.3) is 0 Å². The molecule has 104 valence electrons.